The lowest BCUT2D eigenvalue weighted by molar-refractivity contribution is 0.920. The van der Waals surface area contributed by atoms with Gasteiger partial charge in [0.2, 0.25) is 0 Å². The SMILES string of the molecule is C=CCNc1cc(=S)nc(C2CC2)[nH]1. The molecule has 0 spiro atoms. The molecule has 0 saturated heterocycles. The highest BCUT2D eigenvalue weighted by atomic mass is 32.1. The molecule has 1 aromatic heterocycles. The average Bonchev–Trinajstić information content (AvgIpc) is 2.97. The molecule has 2 N–H and O–H groups in total. The molecule has 1 aromatic rings. The number of nitrogens with zero attached hydrogens (tertiary/aromatic N) is 1. The Bertz CT molecular complexity index is 393. The van der Waals surface area contributed by atoms with E-state index in [9.17, 15) is 0 Å². The van der Waals surface area contributed by atoms with Gasteiger partial charge in [-0.1, -0.05) is 18.3 Å². The molecule has 0 amide bonds. The maximum absolute atomic E-state index is 5.09. The number of nitrogens with one attached hydrogen (secondary N) is 2. The van der Waals surface area contributed by atoms with Crippen molar-refractivity contribution in [2.24, 2.45) is 0 Å². The summed E-state index contributed by atoms with van der Waals surface area (Å²) in [5, 5.41) is 3.18. The van der Waals surface area contributed by atoms with E-state index in [2.05, 4.69) is 21.9 Å². The van der Waals surface area contributed by atoms with Gasteiger partial charge < -0.3 is 10.3 Å². The summed E-state index contributed by atoms with van der Waals surface area (Å²) in [6, 6.07) is 1.84. The Kier molecular flexibility index (Phi) is 2.63. The standard InChI is InChI=1S/C10H13N3S/c1-2-5-11-8-6-9(14)13-10(12-8)7-3-4-7/h2,6-7H,1,3-5H2,(H2,11,12,13,14). The number of H-pyrrole nitrogens is 1. The van der Waals surface area contributed by atoms with Crippen LogP contribution >= 0.6 is 12.2 Å². The third kappa shape index (κ3) is 2.20. The first-order chi connectivity index (χ1) is 6.79. The van der Waals surface area contributed by atoms with Gasteiger partial charge in [0.1, 0.15) is 16.3 Å². The van der Waals surface area contributed by atoms with Gasteiger partial charge in [-0.05, 0) is 12.8 Å². The molecule has 0 atom stereocenters. The van der Waals surface area contributed by atoms with Crippen LogP contribution in [-0.4, -0.2) is 16.5 Å². The molecule has 0 bridgehead atoms. The van der Waals surface area contributed by atoms with Gasteiger partial charge in [0.05, 0.1) is 0 Å². The molecule has 0 radical (unpaired) electrons. The summed E-state index contributed by atoms with van der Waals surface area (Å²) >= 11 is 5.09. The Balaban J connectivity index is 2.21. The van der Waals surface area contributed by atoms with Crippen LogP contribution in [-0.2, 0) is 0 Å². The zero-order valence-corrected chi connectivity index (χ0v) is 8.73. The number of rotatable bonds is 4. The fraction of sp³-hybridized carbons (Fsp3) is 0.400. The third-order valence-electron chi connectivity index (χ3n) is 2.16. The van der Waals surface area contributed by atoms with Crippen LogP contribution in [0.5, 0.6) is 0 Å². The second-order valence-corrected chi connectivity index (χ2v) is 3.88. The molecule has 0 aromatic carbocycles. The predicted molar refractivity (Wildman–Crippen MR) is 60.1 cm³/mol. The second kappa shape index (κ2) is 3.92. The van der Waals surface area contributed by atoms with Crippen molar-refractivity contribution in [3.63, 3.8) is 0 Å². The van der Waals surface area contributed by atoms with Gasteiger partial charge in [0.25, 0.3) is 0 Å². The minimum Gasteiger partial charge on any atom is -0.368 e. The lowest BCUT2D eigenvalue weighted by Crippen LogP contribution is -2.03. The fourth-order valence-electron chi connectivity index (χ4n) is 1.30. The molecule has 1 fully saturated rings. The van der Waals surface area contributed by atoms with E-state index in [0.29, 0.717) is 10.6 Å². The van der Waals surface area contributed by atoms with Crippen LogP contribution in [0.4, 0.5) is 5.82 Å². The fourth-order valence-corrected chi connectivity index (χ4v) is 1.52. The molecule has 1 aliphatic carbocycles. The number of hydrogen-bond acceptors (Lipinski definition) is 3. The van der Waals surface area contributed by atoms with Gasteiger partial charge in [-0.25, -0.2) is 4.98 Å². The lowest BCUT2D eigenvalue weighted by Gasteiger charge is -2.05. The van der Waals surface area contributed by atoms with Gasteiger partial charge in [-0.3, -0.25) is 0 Å². The van der Waals surface area contributed by atoms with Crippen molar-refractivity contribution in [3.05, 3.63) is 29.2 Å². The minimum absolute atomic E-state index is 0.599. The van der Waals surface area contributed by atoms with E-state index in [1.807, 2.05) is 12.1 Å². The minimum atomic E-state index is 0.599. The number of aromatic nitrogens is 2. The Morgan fingerprint density at radius 2 is 2.50 bits per heavy atom. The highest BCUT2D eigenvalue weighted by molar-refractivity contribution is 7.71. The van der Waals surface area contributed by atoms with Crippen LogP contribution in [0.1, 0.15) is 24.6 Å². The van der Waals surface area contributed by atoms with Gasteiger partial charge in [0.15, 0.2) is 0 Å². The van der Waals surface area contributed by atoms with E-state index < -0.39 is 0 Å². The van der Waals surface area contributed by atoms with Crippen LogP contribution in [0.2, 0.25) is 0 Å². The molecular weight excluding hydrogens is 194 g/mol. The third-order valence-corrected chi connectivity index (χ3v) is 2.37. The first-order valence-electron chi connectivity index (χ1n) is 4.75. The van der Waals surface area contributed by atoms with Crippen molar-refractivity contribution < 1.29 is 0 Å². The van der Waals surface area contributed by atoms with Crippen molar-refractivity contribution in [1.82, 2.24) is 9.97 Å². The van der Waals surface area contributed by atoms with Crippen molar-refractivity contribution in [2.75, 3.05) is 11.9 Å². The van der Waals surface area contributed by atoms with E-state index in [4.69, 9.17) is 12.2 Å². The summed E-state index contributed by atoms with van der Waals surface area (Å²) in [5.41, 5.74) is 0. The topological polar surface area (TPSA) is 40.7 Å². The molecule has 0 aliphatic heterocycles. The largest absolute Gasteiger partial charge is 0.368 e. The Labute approximate surface area is 88.3 Å². The lowest BCUT2D eigenvalue weighted by atomic mass is 10.4. The van der Waals surface area contributed by atoms with Gasteiger partial charge in [-0.2, -0.15) is 0 Å². The van der Waals surface area contributed by atoms with E-state index >= 15 is 0 Å². The van der Waals surface area contributed by atoms with Crippen LogP contribution in [0.3, 0.4) is 0 Å². The van der Waals surface area contributed by atoms with E-state index in [0.717, 1.165) is 18.2 Å². The van der Waals surface area contributed by atoms with Crippen molar-refractivity contribution in [2.45, 2.75) is 18.8 Å². The average molecular weight is 207 g/mol. The molecule has 74 valence electrons. The first kappa shape index (κ1) is 9.40. The zero-order valence-electron chi connectivity index (χ0n) is 7.92. The monoisotopic (exact) mass is 207 g/mol. The molecular formula is C10H13N3S. The van der Waals surface area contributed by atoms with E-state index in [1.54, 1.807) is 0 Å². The van der Waals surface area contributed by atoms with Crippen LogP contribution in [0.25, 0.3) is 0 Å². The summed E-state index contributed by atoms with van der Waals surface area (Å²) < 4.78 is 0.650. The maximum Gasteiger partial charge on any atom is 0.131 e. The first-order valence-corrected chi connectivity index (χ1v) is 5.16. The van der Waals surface area contributed by atoms with Gasteiger partial charge in [-0.15, -0.1) is 6.58 Å². The van der Waals surface area contributed by atoms with Gasteiger partial charge in [0, 0.05) is 18.5 Å². The van der Waals surface area contributed by atoms with Crippen molar-refractivity contribution in [1.29, 1.82) is 0 Å². The molecule has 1 aliphatic rings. The summed E-state index contributed by atoms with van der Waals surface area (Å²) in [7, 11) is 0. The normalized spacial score (nSPS) is 15.1. The molecule has 1 heterocycles. The maximum atomic E-state index is 5.09. The van der Waals surface area contributed by atoms with E-state index in [1.165, 1.54) is 12.8 Å². The second-order valence-electron chi connectivity index (χ2n) is 3.46. The zero-order chi connectivity index (χ0) is 9.97. The number of aromatic amines is 1. The molecule has 0 unspecified atom stereocenters. The van der Waals surface area contributed by atoms with Crippen LogP contribution < -0.4 is 5.32 Å². The molecule has 14 heavy (non-hydrogen) atoms. The van der Waals surface area contributed by atoms with E-state index in [-0.39, 0.29) is 0 Å². The smallest absolute Gasteiger partial charge is 0.131 e. The highest BCUT2D eigenvalue weighted by Crippen LogP contribution is 2.38. The molecule has 2 rings (SSSR count). The van der Waals surface area contributed by atoms with Crippen LogP contribution in [0, 0.1) is 4.64 Å². The van der Waals surface area contributed by atoms with Crippen molar-refractivity contribution >= 4 is 18.0 Å². The Morgan fingerprint density at radius 1 is 1.71 bits per heavy atom. The summed E-state index contributed by atoms with van der Waals surface area (Å²) in [6.45, 7) is 4.39. The molecule has 4 heteroatoms. The quantitative estimate of drug-likeness (QED) is 0.589. The van der Waals surface area contributed by atoms with Gasteiger partial charge >= 0.3 is 0 Å². The summed E-state index contributed by atoms with van der Waals surface area (Å²) in [6.07, 6.45) is 4.26. The molecule has 1 saturated carbocycles. The molecule has 3 nitrogen and oxygen atoms in total. The van der Waals surface area contributed by atoms with Crippen molar-refractivity contribution in [3.8, 4) is 0 Å². The number of hydrogen-bond donors (Lipinski definition) is 2. The predicted octanol–water partition coefficient (Wildman–Crippen LogP) is 2.61. The summed E-state index contributed by atoms with van der Waals surface area (Å²) in [5.74, 6) is 2.55. The highest BCUT2D eigenvalue weighted by Gasteiger charge is 2.25. The number of anilines is 1. The Morgan fingerprint density at radius 3 is 3.14 bits per heavy atom. The summed E-state index contributed by atoms with van der Waals surface area (Å²) in [4.78, 5) is 7.54. The Hall–Kier alpha value is -1.16. The van der Waals surface area contributed by atoms with Crippen LogP contribution in [0.15, 0.2) is 18.7 Å².